The van der Waals surface area contributed by atoms with Gasteiger partial charge in [0, 0.05) is 41.5 Å². The lowest BCUT2D eigenvalue weighted by atomic mass is 9.59. The standard InChI is InChI=1S/C18H22ClN3S.C4H6N2S/c19-13-4-2-12(3-5-13)18(8-1-9-18)17-16-14(7-11-21-17)23-15(22-16)6-10-20;1-6-2-4(7)5-3-6/h2-5,17,21H,1,6-11,20H2;2-3,7H,1H3. The first-order chi connectivity index (χ1) is 14.5. The van der Waals surface area contributed by atoms with E-state index in [1.54, 1.807) is 6.33 Å². The molecular formula is C22H28ClN5S2. The summed E-state index contributed by atoms with van der Waals surface area (Å²) in [5, 5.41) is 6.53. The van der Waals surface area contributed by atoms with Crippen molar-refractivity contribution < 1.29 is 0 Å². The number of imidazole rings is 1. The molecule has 1 aliphatic carbocycles. The van der Waals surface area contributed by atoms with Crippen LogP contribution in [0.2, 0.25) is 5.02 Å². The van der Waals surface area contributed by atoms with E-state index >= 15 is 0 Å². The van der Waals surface area contributed by atoms with Crippen molar-refractivity contribution in [1.29, 1.82) is 0 Å². The maximum Gasteiger partial charge on any atom is 0.111 e. The topological polar surface area (TPSA) is 68.8 Å². The van der Waals surface area contributed by atoms with Gasteiger partial charge in [-0.1, -0.05) is 30.2 Å². The third kappa shape index (κ3) is 4.46. The first kappa shape index (κ1) is 21.8. The highest BCUT2D eigenvalue weighted by molar-refractivity contribution is 7.80. The van der Waals surface area contributed by atoms with Crippen molar-refractivity contribution in [2.75, 3.05) is 13.1 Å². The molecule has 1 atom stereocenters. The Kier molecular flexibility index (Phi) is 6.85. The molecule has 1 unspecified atom stereocenters. The van der Waals surface area contributed by atoms with Crippen molar-refractivity contribution in [3.63, 3.8) is 0 Å². The number of benzene rings is 1. The highest BCUT2D eigenvalue weighted by atomic mass is 35.5. The molecule has 2 aromatic heterocycles. The summed E-state index contributed by atoms with van der Waals surface area (Å²) in [5.41, 5.74) is 8.57. The molecule has 5 rings (SSSR count). The van der Waals surface area contributed by atoms with E-state index < -0.39 is 0 Å². The summed E-state index contributed by atoms with van der Waals surface area (Å²) in [4.78, 5) is 10.3. The van der Waals surface area contributed by atoms with Gasteiger partial charge in [0.05, 0.1) is 23.1 Å². The molecule has 1 aliphatic heterocycles. The third-order valence-corrected chi connectivity index (χ3v) is 7.69. The zero-order valence-electron chi connectivity index (χ0n) is 17.1. The van der Waals surface area contributed by atoms with E-state index in [9.17, 15) is 0 Å². The summed E-state index contributed by atoms with van der Waals surface area (Å²) in [6, 6.07) is 8.75. The van der Waals surface area contributed by atoms with E-state index in [1.807, 2.05) is 41.3 Å². The molecule has 3 aromatic rings. The first-order valence-corrected chi connectivity index (χ1v) is 12.0. The van der Waals surface area contributed by atoms with Gasteiger partial charge in [-0.2, -0.15) is 0 Å². The third-order valence-electron chi connectivity index (χ3n) is 6.01. The van der Waals surface area contributed by atoms with Gasteiger partial charge in [-0.25, -0.2) is 9.97 Å². The average molecular weight is 462 g/mol. The maximum atomic E-state index is 6.09. The Balaban J connectivity index is 0.000000265. The van der Waals surface area contributed by atoms with Gasteiger partial charge in [0.25, 0.3) is 0 Å². The Bertz CT molecular complexity index is 961. The molecule has 0 spiro atoms. The Morgan fingerprint density at radius 1 is 1.33 bits per heavy atom. The van der Waals surface area contributed by atoms with Crippen LogP contribution >= 0.6 is 35.6 Å². The monoisotopic (exact) mass is 461 g/mol. The van der Waals surface area contributed by atoms with Crippen LogP contribution in [0.3, 0.4) is 0 Å². The van der Waals surface area contributed by atoms with Crippen LogP contribution in [0.5, 0.6) is 0 Å². The maximum absolute atomic E-state index is 6.09. The van der Waals surface area contributed by atoms with Crippen LogP contribution in [-0.2, 0) is 25.3 Å². The Hall–Kier alpha value is -1.38. The fourth-order valence-corrected chi connectivity index (χ4v) is 5.90. The molecule has 0 radical (unpaired) electrons. The molecule has 5 nitrogen and oxygen atoms in total. The second-order valence-electron chi connectivity index (χ2n) is 8.01. The van der Waals surface area contributed by atoms with Crippen molar-refractivity contribution in [1.82, 2.24) is 19.9 Å². The number of hydrogen-bond acceptors (Lipinski definition) is 6. The molecule has 1 saturated carbocycles. The number of aromatic nitrogens is 3. The first-order valence-electron chi connectivity index (χ1n) is 10.4. The van der Waals surface area contributed by atoms with Gasteiger partial charge in [0.15, 0.2) is 0 Å². The fourth-order valence-electron chi connectivity index (χ4n) is 4.42. The SMILES string of the molecule is Cn1cnc(S)c1.NCCc1nc2c(s1)CCNC2C1(c2ccc(Cl)cc2)CCC1. The number of thiol groups is 1. The second-order valence-corrected chi connectivity index (χ2v) is 10.1. The van der Waals surface area contributed by atoms with E-state index in [1.165, 1.54) is 40.4 Å². The van der Waals surface area contributed by atoms with Crippen molar-refractivity contribution in [2.45, 2.75) is 48.6 Å². The smallest absolute Gasteiger partial charge is 0.111 e. The van der Waals surface area contributed by atoms with Crippen molar-refractivity contribution in [3.05, 3.63) is 63.0 Å². The van der Waals surface area contributed by atoms with Crippen molar-refractivity contribution in [3.8, 4) is 0 Å². The molecule has 0 amide bonds. The molecule has 0 saturated heterocycles. The lowest BCUT2D eigenvalue weighted by Crippen LogP contribution is -2.49. The number of nitrogens with two attached hydrogens (primary N) is 1. The van der Waals surface area contributed by atoms with E-state index in [4.69, 9.17) is 22.3 Å². The quantitative estimate of drug-likeness (QED) is 0.506. The molecule has 1 fully saturated rings. The average Bonchev–Trinajstić information content (AvgIpc) is 3.28. The van der Waals surface area contributed by atoms with E-state index in [2.05, 4.69) is 35.1 Å². The molecule has 3 heterocycles. The van der Waals surface area contributed by atoms with Crippen LogP contribution in [-0.4, -0.2) is 27.6 Å². The van der Waals surface area contributed by atoms with Gasteiger partial charge < -0.3 is 15.6 Å². The molecule has 3 N–H and O–H groups in total. The van der Waals surface area contributed by atoms with Crippen molar-refractivity contribution >= 4 is 35.6 Å². The molecule has 2 aliphatic rings. The number of fused-ring (bicyclic) bond motifs is 1. The second kappa shape index (κ2) is 9.40. The predicted molar refractivity (Wildman–Crippen MR) is 127 cm³/mol. The predicted octanol–water partition coefficient (Wildman–Crippen LogP) is 4.32. The van der Waals surface area contributed by atoms with Gasteiger partial charge in [0.2, 0.25) is 0 Å². The minimum Gasteiger partial charge on any atom is -0.339 e. The summed E-state index contributed by atoms with van der Waals surface area (Å²) >= 11 is 11.9. The van der Waals surface area contributed by atoms with Gasteiger partial charge in [-0.05, 0) is 43.5 Å². The number of nitrogens with one attached hydrogen (secondary N) is 1. The number of rotatable bonds is 4. The summed E-state index contributed by atoms with van der Waals surface area (Å²) in [6.45, 7) is 1.71. The zero-order valence-corrected chi connectivity index (χ0v) is 19.6. The van der Waals surface area contributed by atoms with Crippen LogP contribution in [0.1, 0.15) is 46.4 Å². The number of hydrogen-bond donors (Lipinski definition) is 3. The fraction of sp³-hybridized carbons (Fsp3) is 0.455. The summed E-state index contributed by atoms with van der Waals surface area (Å²) < 4.78 is 1.85. The Morgan fingerprint density at radius 3 is 2.63 bits per heavy atom. The van der Waals surface area contributed by atoms with E-state index in [0.717, 1.165) is 29.4 Å². The molecule has 0 bridgehead atoms. The van der Waals surface area contributed by atoms with Crippen LogP contribution < -0.4 is 11.1 Å². The van der Waals surface area contributed by atoms with Crippen LogP contribution in [0.4, 0.5) is 0 Å². The molecule has 160 valence electrons. The summed E-state index contributed by atoms with van der Waals surface area (Å²) in [6.07, 6.45) is 9.25. The van der Waals surface area contributed by atoms with Crippen molar-refractivity contribution in [2.24, 2.45) is 12.8 Å². The van der Waals surface area contributed by atoms with Gasteiger partial charge in [0.1, 0.15) is 5.03 Å². The normalized spacial score (nSPS) is 19.4. The van der Waals surface area contributed by atoms with Gasteiger partial charge >= 0.3 is 0 Å². The number of halogens is 1. The largest absolute Gasteiger partial charge is 0.339 e. The van der Waals surface area contributed by atoms with E-state index in [-0.39, 0.29) is 5.41 Å². The van der Waals surface area contributed by atoms with Crippen LogP contribution in [0.25, 0.3) is 0 Å². The van der Waals surface area contributed by atoms with E-state index in [0.29, 0.717) is 12.6 Å². The lowest BCUT2D eigenvalue weighted by Gasteiger charge is -2.49. The Morgan fingerprint density at radius 2 is 2.10 bits per heavy atom. The Labute approximate surface area is 192 Å². The number of aryl methyl sites for hydroxylation is 1. The number of nitrogens with zero attached hydrogens (tertiary/aromatic N) is 3. The minimum absolute atomic E-state index is 0.174. The van der Waals surface area contributed by atoms with Gasteiger partial charge in [-0.3, -0.25) is 0 Å². The molecule has 1 aromatic carbocycles. The minimum atomic E-state index is 0.174. The molecule has 8 heteroatoms. The zero-order chi connectivity index (χ0) is 21.1. The summed E-state index contributed by atoms with van der Waals surface area (Å²) in [7, 11) is 1.91. The highest BCUT2D eigenvalue weighted by Crippen LogP contribution is 2.53. The van der Waals surface area contributed by atoms with Gasteiger partial charge in [-0.15, -0.1) is 24.0 Å². The molecular weight excluding hydrogens is 434 g/mol. The lowest BCUT2D eigenvalue weighted by molar-refractivity contribution is 0.162. The van der Waals surface area contributed by atoms with Crippen LogP contribution in [0.15, 0.2) is 41.8 Å². The highest BCUT2D eigenvalue weighted by Gasteiger charge is 2.48. The van der Waals surface area contributed by atoms with Crippen LogP contribution in [0, 0.1) is 0 Å². The molecule has 30 heavy (non-hydrogen) atoms. The number of thiazole rings is 1. The summed E-state index contributed by atoms with van der Waals surface area (Å²) in [5.74, 6) is 0.